The molecule has 1 aliphatic rings. The maximum absolute atomic E-state index is 5.91. The molecular weight excluding hydrogens is 196 g/mol. The Morgan fingerprint density at radius 3 is 2.75 bits per heavy atom. The normalized spacial score (nSPS) is 23.8. The smallest absolute Gasteiger partial charge is 0.0346 e. The van der Waals surface area contributed by atoms with Crippen LogP contribution in [0.4, 0.5) is 5.69 Å². The van der Waals surface area contributed by atoms with Gasteiger partial charge in [-0.2, -0.15) is 0 Å². The molecule has 0 saturated heterocycles. The van der Waals surface area contributed by atoms with E-state index in [1.807, 2.05) is 12.1 Å². The first-order chi connectivity index (χ1) is 7.58. The van der Waals surface area contributed by atoms with E-state index >= 15 is 0 Å². The molecule has 0 bridgehead atoms. The highest BCUT2D eigenvalue weighted by Gasteiger charge is 2.32. The van der Waals surface area contributed by atoms with Crippen LogP contribution in [0.3, 0.4) is 0 Å². The van der Waals surface area contributed by atoms with E-state index in [1.165, 1.54) is 24.1 Å². The van der Waals surface area contributed by atoms with Crippen LogP contribution in [-0.2, 0) is 6.54 Å². The van der Waals surface area contributed by atoms with Crippen molar-refractivity contribution in [2.75, 3.05) is 19.3 Å². The molecule has 2 atom stereocenters. The Kier molecular flexibility index (Phi) is 3.20. The molecule has 2 nitrogen and oxygen atoms in total. The fourth-order valence-electron chi connectivity index (χ4n) is 2.28. The van der Waals surface area contributed by atoms with Crippen molar-refractivity contribution in [2.45, 2.75) is 26.8 Å². The summed E-state index contributed by atoms with van der Waals surface area (Å²) in [7, 11) is 2.20. The minimum absolute atomic E-state index is 0.908. The van der Waals surface area contributed by atoms with Gasteiger partial charge in [-0.05, 0) is 49.4 Å². The van der Waals surface area contributed by atoms with Crippen LogP contribution in [0.1, 0.15) is 24.5 Å². The summed E-state index contributed by atoms with van der Waals surface area (Å²) in [6, 6.07) is 6.20. The highest BCUT2D eigenvalue weighted by Crippen LogP contribution is 2.38. The van der Waals surface area contributed by atoms with Gasteiger partial charge in [-0.25, -0.2) is 0 Å². The van der Waals surface area contributed by atoms with Crippen LogP contribution in [0.25, 0.3) is 0 Å². The van der Waals surface area contributed by atoms with Gasteiger partial charge in [-0.3, -0.25) is 0 Å². The molecule has 16 heavy (non-hydrogen) atoms. The van der Waals surface area contributed by atoms with E-state index < -0.39 is 0 Å². The molecule has 0 heterocycles. The molecule has 1 aliphatic carbocycles. The molecule has 0 spiro atoms. The van der Waals surface area contributed by atoms with Crippen LogP contribution in [0.2, 0.25) is 0 Å². The second-order valence-electron chi connectivity index (χ2n) is 5.30. The lowest BCUT2D eigenvalue weighted by molar-refractivity contribution is 0.307. The average Bonchev–Trinajstić information content (AvgIpc) is 2.89. The van der Waals surface area contributed by atoms with Gasteiger partial charge in [0.1, 0.15) is 0 Å². The van der Waals surface area contributed by atoms with Crippen LogP contribution < -0.4 is 5.73 Å². The van der Waals surface area contributed by atoms with E-state index in [9.17, 15) is 0 Å². The molecule has 2 rings (SSSR count). The standard InChI is InChI=1S/C14H22N2/c1-10-7-13(10)9-16(3)8-12-5-4-6-14(15)11(12)2/h4-6,10,13H,7-9,15H2,1-3H3. The number of nitrogens with two attached hydrogens (primary N) is 1. The van der Waals surface area contributed by atoms with Gasteiger partial charge in [0.25, 0.3) is 0 Å². The van der Waals surface area contributed by atoms with E-state index in [1.54, 1.807) is 0 Å². The minimum Gasteiger partial charge on any atom is -0.399 e. The van der Waals surface area contributed by atoms with Crippen LogP contribution >= 0.6 is 0 Å². The SMILES string of the molecule is Cc1c(N)cccc1CN(C)CC1CC1C. The Morgan fingerprint density at radius 2 is 2.12 bits per heavy atom. The van der Waals surface area contributed by atoms with Gasteiger partial charge in [-0.15, -0.1) is 0 Å². The van der Waals surface area contributed by atoms with Crippen LogP contribution in [0.15, 0.2) is 18.2 Å². The first-order valence-corrected chi connectivity index (χ1v) is 6.10. The van der Waals surface area contributed by atoms with Crippen molar-refractivity contribution in [1.29, 1.82) is 0 Å². The Morgan fingerprint density at radius 1 is 1.44 bits per heavy atom. The highest BCUT2D eigenvalue weighted by atomic mass is 15.1. The van der Waals surface area contributed by atoms with Crippen molar-refractivity contribution in [3.05, 3.63) is 29.3 Å². The lowest BCUT2D eigenvalue weighted by Crippen LogP contribution is -2.21. The number of benzene rings is 1. The summed E-state index contributed by atoms with van der Waals surface area (Å²) in [5.74, 6) is 1.86. The first-order valence-electron chi connectivity index (χ1n) is 6.10. The zero-order chi connectivity index (χ0) is 11.7. The van der Waals surface area contributed by atoms with Crippen molar-refractivity contribution in [3.63, 3.8) is 0 Å². The molecule has 0 aromatic heterocycles. The van der Waals surface area contributed by atoms with Crippen LogP contribution in [0, 0.1) is 18.8 Å². The Labute approximate surface area is 98.4 Å². The molecule has 1 saturated carbocycles. The molecule has 0 radical (unpaired) electrons. The van der Waals surface area contributed by atoms with Crippen molar-refractivity contribution in [1.82, 2.24) is 4.90 Å². The predicted octanol–water partition coefficient (Wildman–Crippen LogP) is 2.67. The molecule has 1 aromatic rings. The third-order valence-electron chi connectivity index (χ3n) is 3.75. The molecule has 2 unspecified atom stereocenters. The second kappa shape index (κ2) is 4.46. The highest BCUT2D eigenvalue weighted by molar-refractivity contribution is 5.49. The van der Waals surface area contributed by atoms with Crippen molar-refractivity contribution < 1.29 is 0 Å². The zero-order valence-electron chi connectivity index (χ0n) is 10.5. The van der Waals surface area contributed by atoms with Gasteiger partial charge in [0.15, 0.2) is 0 Å². The third kappa shape index (κ3) is 2.56. The summed E-state index contributed by atoms with van der Waals surface area (Å²) in [5.41, 5.74) is 9.41. The number of nitrogen functional groups attached to an aromatic ring is 1. The lowest BCUT2D eigenvalue weighted by atomic mass is 10.1. The average molecular weight is 218 g/mol. The first kappa shape index (κ1) is 11.5. The van der Waals surface area contributed by atoms with Crippen molar-refractivity contribution >= 4 is 5.69 Å². The van der Waals surface area contributed by atoms with Crippen LogP contribution in [-0.4, -0.2) is 18.5 Å². The quantitative estimate of drug-likeness (QED) is 0.787. The third-order valence-corrected chi connectivity index (χ3v) is 3.75. The summed E-state index contributed by atoms with van der Waals surface area (Å²) in [6.45, 7) is 6.68. The van der Waals surface area contributed by atoms with Gasteiger partial charge in [-0.1, -0.05) is 19.1 Å². The summed E-state index contributed by atoms with van der Waals surface area (Å²) in [6.07, 6.45) is 1.40. The number of rotatable bonds is 4. The van der Waals surface area contributed by atoms with Crippen molar-refractivity contribution in [2.24, 2.45) is 11.8 Å². The zero-order valence-corrected chi connectivity index (χ0v) is 10.5. The fraction of sp³-hybridized carbons (Fsp3) is 0.571. The largest absolute Gasteiger partial charge is 0.399 e. The van der Waals surface area contributed by atoms with E-state index in [-0.39, 0.29) is 0 Å². The summed E-state index contributed by atoms with van der Waals surface area (Å²) < 4.78 is 0. The number of nitrogens with zero attached hydrogens (tertiary/aromatic N) is 1. The fourth-order valence-corrected chi connectivity index (χ4v) is 2.28. The van der Waals surface area contributed by atoms with Gasteiger partial charge in [0.05, 0.1) is 0 Å². The maximum atomic E-state index is 5.91. The molecule has 2 heteroatoms. The Bertz CT molecular complexity index is 373. The minimum atomic E-state index is 0.908. The molecule has 0 aliphatic heterocycles. The maximum Gasteiger partial charge on any atom is 0.0346 e. The van der Waals surface area contributed by atoms with E-state index in [4.69, 9.17) is 5.73 Å². The lowest BCUT2D eigenvalue weighted by Gasteiger charge is -2.18. The summed E-state index contributed by atoms with van der Waals surface area (Å²) >= 11 is 0. The molecule has 1 fully saturated rings. The van der Waals surface area contributed by atoms with E-state index in [0.29, 0.717) is 0 Å². The Hall–Kier alpha value is -1.02. The summed E-state index contributed by atoms with van der Waals surface area (Å²) in [5, 5.41) is 0. The topological polar surface area (TPSA) is 29.3 Å². The molecule has 2 N–H and O–H groups in total. The molecule has 88 valence electrons. The summed E-state index contributed by atoms with van der Waals surface area (Å²) in [4.78, 5) is 2.41. The Balaban J connectivity index is 1.95. The van der Waals surface area contributed by atoms with Gasteiger partial charge < -0.3 is 10.6 Å². The van der Waals surface area contributed by atoms with Crippen LogP contribution in [0.5, 0.6) is 0 Å². The number of anilines is 1. The van der Waals surface area contributed by atoms with E-state index in [2.05, 4.69) is 31.9 Å². The van der Waals surface area contributed by atoms with Gasteiger partial charge in [0.2, 0.25) is 0 Å². The predicted molar refractivity (Wildman–Crippen MR) is 69.2 cm³/mol. The molecule has 0 amide bonds. The number of hydrogen-bond acceptors (Lipinski definition) is 2. The van der Waals surface area contributed by atoms with Gasteiger partial charge in [0, 0.05) is 18.8 Å². The molecule has 1 aromatic carbocycles. The van der Waals surface area contributed by atoms with E-state index in [0.717, 1.165) is 24.1 Å². The molecular formula is C14H22N2. The number of hydrogen-bond donors (Lipinski definition) is 1. The second-order valence-corrected chi connectivity index (χ2v) is 5.30. The van der Waals surface area contributed by atoms with Crippen molar-refractivity contribution in [3.8, 4) is 0 Å². The monoisotopic (exact) mass is 218 g/mol. The van der Waals surface area contributed by atoms with Gasteiger partial charge >= 0.3 is 0 Å².